The zero-order valence-electron chi connectivity index (χ0n) is 21.8. The maximum atomic E-state index is 14.0. The molecule has 40 heavy (non-hydrogen) atoms. The van der Waals surface area contributed by atoms with E-state index in [1.165, 1.54) is 12.1 Å². The van der Waals surface area contributed by atoms with Crippen molar-refractivity contribution in [3.8, 4) is 5.69 Å². The van der Waals surface area contributed by atoms with Crippen molar-refractivity contribution in [2.45, 2.75) is 32.1 Å². The average molecular weight is 586 g/mol. The molecule has 4 aromatic rings. The van der Waals surface area contributed by atoms with Crippen LogP contribution in [-0.2, 0) is 16.2 Å². The summed E-state index contributed by atoms with van der Waals surface area (Å²) in [6.07, 6.45) is -1.78. The van der Waals surface area contributed by atoms with Gasteiger partial charge in [0, 0.05) is 29.0 Å². The van der Waals surface area contributed by atoms with Crippen LogP contribution in [0.3, 0.4) is 0 Å². The minimum Gasteiger partial charge on any atom is -0.351 e. The summed E-state index contributed by atoms with van der Waals surface area (Å²) in [7, 11) is -3.46. The van der Waals surface area contributed by atoms with Gasteiger partial charge in [-0.25, -0.2) is 8.42 Å². The summed E-state index contributed by atoms with van der Waals surface area (Å²) < 4.78 is 69.3. The Bertz CT molecular complexity index is 1670. The lowest BCUT2D eigenvalue weighted by atomic mass is 9.96. The van der Waals surface area contributed by atoms with Crippen molar-refractivity contribution in [3.05, 3.63) is 107 Å². The molecule has 2 N–H and O–H groups in total. The predicted octanol–water partition coefficient (Wildman–Crippen LogP) is 6.06. The average Bonchev–Trinajstić information content (AvgIpc) is 3.38. The number of pyridine rings is 1. The fourth-order valence-corrected chi connectivity index (χ4v) is 6.13. The first-order valence-electron chi connectivity index (χ1n) is 12.3. The van der Waals surface area contributed by atoms with Crippen LogP contribution >= 0.6 is 12.2 Å². The molecule has 208 valence electrons. The Labute approximate surface area is 235 Å². The molecule has 2 aromatic heterocycles. The molecule has 2 aromatic carbocycles. The van der Waals surface area contributed by atoms with Gasteiger partial charge < -0.3 is 14.8 Å². The third-order valence-electron chi connectivity index (χ3n) is 6.79. The largest absolute Gasteiger partial charge is 0.418 e. The number of benzene rings is 2. The number of nitrogens with zero attached hydrogens (tertiary/aromatic N) is 3. The fourth-order valence-electron chi connectivity index (χ4n) is 5.22. The van der Waals surface area contributed by atoms with E-state index in [1.807, 2.05) is 23.1 Å². The van der Waals surface area contributed by atoms with Crippen LogP contribution in [0, 0.1) is 13.8 Å². The first kappa shape index (κ1) is 27.7. The molecule has 1 fully saturated rings. The molecular formula is C28H26F3N5O2S2. The minimum atomic E-state index is -4.53. The number of aryl methyl sites for hydroxylation is 1. The second-order valence-electron chi connectivity index (χ2n) is 9.59. The van der Waals surface area contributed by atoms with Crippen LogP contribution in [0.1, 0.15) is 40.3 Å². The van der Waals surface area contributed by atoms with Crippen molar-refractivity contribution in [2.24, 2.45) is 0 Å². The van der Waals surface area contributed by atoms with E-state index in [9.17, 15) is 21.6 Å². The van der Waals surface area contributed by atoms with Gasteiger partial charge in [-0.05, 0) is 86.2 Å². The molecule has 1 aliphatic rings. The highest BCUT2D eigenvalue weighted by molar-refractivity contribution is 7.92. The molecular weight excluding hydrogens is 559 g/mol. The molecule has 0 radical (unpaired) electrons. The summed E-state index contributed by atoms with van der Waals surface area (Å²) in [5.74, 6) is 0. The van der Waals surface area contributed by atoms with Gasteiger partial charge in [-0.2, -0.15) is 13.2 Å². The minimum absolute atomic E-state index is 0.0434. The van der Waals surface area contributed by atoms with Gasteiger partial charge in [-0.3, -0.25) is 9.71 Å². The summed E-state index contributed by atoms with van der Waals surface area (Å²) in [5, 5.41) is 3.75. The first-order valence-corrected chi connectivity index (χ1v) is 14.6. The maximum Gasteiger partial charge on any atom is 0.418 e. The summed E-state index contributed by atoms with van der Waals surface area (Å²) in [4.78, 5) is 6.43. The Morgan fingerprint density at radius 2 is 1.68 bits per heavy atom. The Balaban J connectivity index is 1.66. The molecule has 5 rings (SSSR count). The van der Waals surface area contributed by atoms with Gasteiger partial charge in [-0.1, -0.05) is 18.2 Å². The lowest BCUT2D eigenvalue weighted by Crippen LogP contribution is -2.29. The summed E-state index contributed by atoms with van der Waals surface area (Å²) in [5.41, 5.74) is 3.15. The Hall–Kier alpha value is -3.90. The lowest BCUT2D eigenvalue weighted by molar-refractivity contribution is -0.137. The van der Waals surface area contributed by atoms with Crippen LogP contribution in [0.15, 0.2) is 79.0 Å². The normalized spacial score (nSPS) is 17.6. The van der Waals surface area contributed by atoms with Crippen molar-refractivity contribution in [3.63, 3.8) is 0 Å². The molecule has 2 atom stereocenters. The van der Waals surface area contributed by atoms with Gasteiger partial charge in [0.15, 0.2) is 5.11 Å². The van der Waals surface area contributed by atoms with Gasteiger partial charge in [0.1, 0.15) is 0 Å². The third kappa shape index (κ3) is 5.28. The van der Waals surface area contributed by atoms with E-state index in [4.69, 9.17) is 12.2 Å². The zero-order chi connectivity index (χ0) is 28.8. The number of sulfonamides is 1. The monoisotopic (exact) mass is 585 g/mol. The second-order valence-corrected chi connectivity index (χ2v) is 11.7. The Morgan fingerprint density at radius 3 is 2.30 bits per heavy atom. The van der Waals surface area contributed by atoms with Gasteiger partial charge in [0.05, 0.1) is 35.3 Å². The maximum absolute atomic E-state index is 14.0. The molecule has 7 nitrogen and oxygen atoms in total. The van der Waals surface area contributed by atoms with Gasteiger partial charge >= 0.3 is 6.18 Å². The van der Waals surface area contributed by atoms with Crippen LogP contribution in [0.5, 0.6) is 0 Å². The highest BCUT2D eigenvalue weighted by Crippen LogP contribution is 2.44. The molecule has 0 unspecified atom stereocenters. The summed E-state index contributed by atoms with van der Waals surface area (Å²) in [6, 6.07) is 18.8. The Kier molecular flexibility index (Phi) is 7.09. The van der Waals surface area contributed by atoms with Crippen LogP contribution in [0.2, 0.25) is 0 Å². The van der Waals surface area contributed by atoms with Crippen LogP contribution in [-0.4, -0.2) is 29.3 Å². The number of rotatable bonds is 6. The molecule has 3 heterocycles. The third-order valence-corrected chi connectivity index (χ3v) is 7.71. The number of para-hydroxylation sites is 1. The van der Waals surface area contributed by atoms with Gasteiger partial charge in [0.25, 0.3) is 0 Å². The second kappa shape index (κ2) is 10.3. The highest BCUT2D eigenvalue weighted by Gasteiger charge is 2.43. The van der Waals surface area contributed by atoms with Crippen LogP contribution in [0.4, 0.5) is 24.5 Å². The van der Waals surface area contributed by atoms with Crippen LogP contribution < -0.4 is 14.9 Å². The van der Waals surface area contributed by atoms with E-state index in [1.54, 1.807) is 61.0 Å². The lowest BCUT2D eigenvalue weighted by Gasteiger charge is -2.28. The van der Waals surface area contributed by atoms with E-state index in [0.717, 1.165) is 17.9 Å². The molecule has 0 spiro atoms. The number of alkyl halides is 3. The topological polar surface area (TPSA) is 79.3 Å². The molecule has 0 saturated carbocycles. The number of thiocarbonyl (C=S) groups is 1. The summed E-state index contributed by atoms with van der Waals surface area (Å²) >= 11 is 5.76. The van der Waals surface area contributed by atoms with Crippen molar-refractivity contribution in [1.82, 2.24) is 14.9 Å². The number of anilines is 2. The van der Waals surface area contributed by atoms with Crippen molar-refractivity contribution < 1.29 is 21.6 Å². The van der Waals surface area contributed by atoms with E-state index in [-0.39, 0.29) is 5.69 Å². The molecule has 0 amide bonds. The van der Waals surface area contributed by atoms with Crippen molar-refractivity contribution in [2.75, 3.05) is 15.9 Å². The van der Waals surface area contributed by atoms with Gasteiger partial charge in [-0.15, -0.1) is 0 Å². The molecule has 0 aliphatic carbocycles. The number of hydrogen-bond acceptors (Lipinski definition) is 4. The summed E-state index contributed by atoms with van der Waals surface area (Å²) in [6.45, 7) is 3.57. The smallest absolute Gasteiger partial charge is 0.351 e. The first-order chi connectivity index (χ1) is 18.8. The van der Waals surface area contributed by atoms with E-state index in [2.05, 4.69) is 15.0 Å². The Morgan fingerprint density at radius 1 is 1.00 bits per heavy atom. The highest BCUT2D eigenvalue weighted by atomic mass is 32.2. The van der Waals surface area contributed by atoms with E-state index >= 15 is 0 Å². The molecule has 1 saturated heterocycles. The van der Waals surface area contributed by atoms with E-state index < -0.39 is 33.8 Å². The number of nitrogens with one attached hydrogen (secondary N) is 2. The van der Waals surface area contributed by atoms with Crippen molar-refractivity contribution in [1.29, 1.82) is 0 Å². The zero-order valence-corrected chi connectivity index (χ0v) is 23.4. The molecule has 0 bridgehead atoms. The fraction of sp³-hybridized carbons (Fsp3) is 0.214. The van der Waals surface area contributed by atoms with Crippen LogP contribution in [0.25, 0.3) is 5.69 Å². The number of hydrogen-bond donors (Lipinski definition) is 2. The van der Waals surface area contributed by atoms with Gasteiger partial charge in [0.2, 0.25) is 10.0 Å². The molecule has 1 aliphatic heterocycles. The number of halogens is 3. The SMILES string of the molecule is Cc1cc([C@@H]2[C@@H](c3ccccn3)NC(=S)N2c2ccc(NS(C)(=O)=O)cc2)c(C)n1-c1ccccc1C(F)(F)F. The standard InChI is InChI=1S/C28H26F3N5O2S2/c1-17-16-21(18(2)35(17)24-10-5-4-8-22(24)28(29,30)31)26-25(23-9-6-7-15-32-23)33-27(39)36(26)20-13-11-19(12-14-20)34-40(3,37)38/h4-16,25-26,34H,1-3H3,(H,33,39)/t25-,26-/m1/s1. The quantitative estimate of drug-likeness (QED) is 0.268. The molecule has 12 heteroatoms. The van der Waals surface area contributed by atoms with E-state index in [0.29, 0.717) is 33.6 Å². The number of aromatic nitrogens is 2. The predicted molar refractivity (Wildman–Crippen MR) is 153 cm³/mol. The van der Waals surface area contributed by atoms with Crippen molar-refractivity contribution >= 4 is 38.7 Å².